The third-order valence-electron chi connectivity index (χ3n) is 6.54. The van der Waals surface area contributed by atoms with Crippen LogP contribution in [0.1, 0.15) is 42.6 Å². The molecule has 0 saturated carbocycles. The van der Waals surface area contributed by atoms with Gasteiger partial charge in [-0.25, -0.2) is 9.97 Å². The third-order valence-corrected chi connectivity index (χ3v) is 6.54. The van der Waals surface area contributed by atoms with Gasteiger partial charge in [0.25, 0.3) is 0 Å². The number of hydrogen-bond acceptors (Lipinski definition) is 8. The Balaban J connectivity index is 0.000000668. The van der Waals surface area contributed by atoms with E-state index in [1.54, 1.807) is 0 Å². The summed E-state index contributed by atoms with van der Waals surface area (Å²) in [7, 11) is 0. The molecule has 1 spiro atoms. The maximum Gasteiger partial charge on any atom is 0.225 e. The van der Waals surface area contributed by atoms with Gasteiger partial charge in [-0.1, -0.05) is 18.2 Å². The maximum atomic E-state index is 11.3. The van der Waals surface area contributed by atoms with Gasteiger partial charge in [-0.2, -0.15) is 0 Å². The number of benzene rings is 1. The van der Waals surface area contributed by atoms with Gasteiger partial charge < -0.3 is 26.6 Å². The van der Waals surface area contributed by atoms with Gasteiger partial charge in [0.1, 0.15) is 6.23 Å². The summed E-state index contributed by atoms with van der Waals surface area (Å²) in [5.41, 5.74) is 10.00. The molecule has 1 unspecified atom stereocenters. The van der Waals surface area contributed by atoms with Crippen LogP contribution in [0, 0.1) is 30.1 Å². The van der Waals surface area contributed by atoms with E-state index in [-0.39, 0.29) is 5.41 Å². The van der Waals surface area contributed by atoms with Gasteiger partial charge >= 0.3 is 0 Å². The zero-order chi connectivity index (χ0) is 23.1. The largest absolute Gasteiger partial charge is 0.398 e. The SMILES string of the molecule is Cc1cc(C)nc(N2CCC3(CCCN(Cc4ccccc4N)C3O)CC2)n1.N=CC=N. The van der Waals surface area contributed by atoms with Gasteiger partial charge in [-0.15, -0.1) is 0 Å². The maximum absolute atomic E-state index is 11.3. The van der Waals surface area contributed by atoms with Crippen molar-refractivity contribution in [3.8, 4) is 0 Å². The van der Waals surface area contributed by atoms with Gasteiger partial charge in [0.05, 0.1) is 0 Å². The Labute approximate surface area is 190 Å². The first-order chi connectivity index (χ1) is 15.4. The Hall–Kier alpha value is -2.84. The molecule has 8 nitrogen and oxygen atoms in total. The van der Waals surface area contributed by atoms with Crippen molar-refractivity contribution in [3.05, 3.63) is 47.3 Å². The number of piperidine rings is 2. The van der Waals surface area contributed by atoms with E-state index in [0.717, 1.165) is 86.3 Å². The molecule has 0 radical (unpaired) electrons. The number of nitrogens with one attached hydrogen (secondary N) is 2. The van der Waals surface area contributed by atoms with Crippen LogP contribution in [0.25, 0.3) is 0 Å². The second kappa shape index (κ2) is 10.7. The van der Waals surface area contributed by atoms with Crippen LogP contribution >= 0.6 is 0 Å². The van der Waals surface area contributed by atoms with E-state index in [0.29, 0.717) is 6.54 Å². The number of likely N-dealkylation sites (tertiary alicyclic amines) is 1. The van der Waals surface area contributed by atoms with Gasteiger partial charge in [0.15, 0.2) is 0 Å². The minimum Gasteiger partial charge on any atom is -0.398 e. The van der Waals surface area contributed by atoms with Crippen LogP contribution in [0.3, 0.4) is 0 Å². The highest BCUT2D eigenvalue weighted by molar-refractivity contribution is 6.12. The van der Waals surface area contributed by atoms with Gasteiger partial charge in [-0.05, 0) is 57.2 Å². The molecule has 1 aromatic heterocycles. The number of aliphatic hydroxyl groups excluding tert-OH is 1. The van der Waals surface area contributed by atoms with Crippen LogP contribution in [-0.4, -0.2) is 58.3 Å². The molecule has 172 valence electrons. The molecule has 1 atom stereocenters. The number of aromatic nitrogens is 2. The molecule has 4 rings (SSSR count). The summed E-state index contributed by atoms with van der Waals surface area (Å²) in [6.07, 6.45) is 5.53. The number of anilines is 2. The highest BCUT2D eigenvalue weighted by atomic mass is 16.3. The number of rotatable bonds is 4. The molecular weight excluding hydrogens is 402 g/mol. The van der Waals surface area contributed by atoms with Crippen molar-refractivity contribution in [2.45, 2.75) is 52.3 Å². The molecule has 5 N–H and O–H groups in total. The zero-order valence-corrected chi connectivity index (χ0v) is 19.1. The quantitative estimate of drug-likeness (QED) is 0.430. The van der Waals surface area contributed by atoms with Crippen LogP contribution in [0.5, 0.6) is 0 Å². The Kier molecular flexibility index (Phi) is 7.93. The number of hydrogen-bond donors (Lipinski definition) is 4. The third kappa shape index (κ3) is 5.49. The fourth-order valence-electron chi connectivity index (χ4n) is 4.84. The number of para-hydroxylation sites is 1. The van der Waals surface area contributed by atoms with Crippen LogP contribution in [0.4, 0.5) is 11.6 Å². The molecule has 32 heavy (non-hydrogen) atoms. The normalized spacial score (nSPS) is 20.3. The van der Waals surface area contributed by atoms with Crippen LogP contribution < -0.4 is 10.6 Å². The highest BCUT2D eigenvalue weighted by Gasteiger charge is 2.45. The lowest BCUT2D eigenvalue weighted by atomic mass is 9.70. The lowest BCUT2D eigenvalue weighted by Crippen LogP contribution is -2.56. The molecule has 0 aliphatic carbocycles. The van der Waals surface area contributed by atoms with Gasteiger partial charge in [0.2, 0.25) is 5.95 Å². The molecule has 2 fully saturated rings. The standard InChI is InChI=1S/C22H31N5O.C2H4N2/c1-16-14-17(2)25-21(24-16)26-12-9-22(10-13-26)8-5-11-27(20(22)28)15-18-6-3-4-7-19(18)23;3-1-2-4/h3-4,6-7,14,20,28H,5,8-13,15,23H2,1-2H3;1-4H. The van der Waals surface area contributed by atoms with E-state index < -0.39 is 6.23 Å². The summed E-state index contributed by atoms with van der Waals surface area (Å²) in [5, 5.41) is 23.4. The zero-order valence-electron chi connectivity index (χ0n) is 19.1. The number of aryl methyl sites for hydroxylation is 2. The highest BCUT2D eigenvalue weighted by Crippen LogP contribution is 2.44. The average molecular weight is 438 g/mol. The molecular formula is C24H35N7O. The van der Waals surface area contributed by atoms with E-state index in [1.807, 2.05) is 38.1 Å². The fourth-order valence-corrected chi connectivity index (χ4v) is 4.84. The molecule has 2 saturated heterocycles. The second-order valence-corrected chi connectivity index (χ2v) is 8.78. The molecule has 3 heterocycles. The number of nitrogens with zero attached hydrogens (tertiary/aromatic N) is 4. The lowest BCUT2D eigenvalue weighted by molar-refractivity contribution is -0.135. The molecule has 2 aliphatic rings. The summed E-state index contributed by atoms with van der Waals surface area (Å²) in [6.45, 7) is 7.44. The topological polar surface area (TPSA) is 126 Å². The van der Waals surface area contributed by atoms with Crippen LogP contribution in [0.2, 0.25) is 0 Å². The first-order valence-corrected chi connectivity index (χ1v) is 11.2. The molecule has 8 heteroatoms. The minimum atomic E-state index is -0.428. The van der Waals surface area contributed by atoms with Crippen molar-refractivity contribution in [1.29, 1.82) is 10.8 Å². The smallest absolute Gasteiger partial charge is 0.225 e. The van der Waals surface area contributed by atoms with Crippen molar-refractivity contribution < 1.29 is 5.11 Å². The van der Waals surface area contributed by atoms with Crippen molar-refractivity contribution in [2.24, 2.45) is 5.41 Å². The van der Waals surface area contributed by atoms with Crippen molar-refractivity contribution in [1.82, 2.24) is 14.9 Å². The summed E-state index contributed by atoms with van der Waals surface area (Å²) in [4.78, 5) is 13.7. The monoisotopic (exact) mass is 437 g/mol. The van der Waals surface area contributed by atoms with Crippen molar-refractivity contribution >= 4 is 24.1 Å². The average Bonchev–Trinajstić information content (AvgIpc) is 2.78. The molecule has 2 aliphatic heterocycles. The molecule has 0 amide bonds. The second-order valence-electron chi connectivity index (χ2n) is 8.78. The van der Waals surface area contributed by atoms with Crippen LogP contribution in [0.15, 0.2) is 30.3 Å². The first-order valence-electron chi connectivity index (χ1n) is 11.2. The Morgan fingerprint density at radius 1 is 1.06 bits per heavy atom. The summed E-state index contributed by atoms with van der Waals surface area (Å²) in [6, 6.07) is 9.97. The predicted molar refractivity (Wildman–Crippen MR) is 129 cm³/mol. The number of nitrogen functional groups attached to an aromatic ring is 1. The summed E-state index contributed by atoms with van der Waals surface area (Å²) < 4.78 is 0. The van der Waals surface area contributed by atoms with Crippen molar-refractivity contribution in [3.63, 3.8) is 0 Å². The van der Waals surface area contributed by atoms with E-state index in [4.69, 9.17) is 16.6 Å². The van der Waals surface area contributed by atoms with Gasteiger partial charge in [-0.3, -0.25) is 4.90 Å². The summed E-state index contributed by atoms with van der Waals surface area (Å²) in [5.74, 6) is 0.826. The predicted octanol–water partition coefficient (Wildman–Crippen LogP) is 3.16. The van der Waals surface area contributed by atoms with E-state index in [9.17, 15) is 5.11 Å². The first kappa shape index (κ1) is 23.8. The number of aliphatic hydroxyl groups is 1. The fraction of sp³-hybridized carbons (Fsp3) is 0.500. The number of nitrogens with two attached hydrogens (primary N) is 1. The molecule has 0 bridgehead atoms. The van der Waals surface area contributed by atoms with E-state index in [2.05, 4.69) is 25.8 Å². The van der Waals surface area contributed by atoms with E-state index in [1.165, 1.54) is 0 Å². The Morgan fingerprint density at radius 2 is 1.69 bits per heavy atom. The minimum absolute atomic E-state index is 0.0445. The Bertz CT molecular complexity index is 898. The van der Waals surface area contributed by atoms with Gasteiger partial charge in [0, 0.05) is 61.1 Å². The molecule has 2 aromatic rings. The van der Waals surface area contributed by atoms with E-state index >= 15 is 0 Å². The van der Waals surface area contributed by atoms with Crippen molar-refractivity contribution in [2.75, 3.05) is 30.3 Å². The van der Waals surface area contributed by atoms with Crippen LogP contribution in [-0.2, 0) is 6.54 Å². The lowest BCUT2D eigenvalue weighted by Gasteiger charge is -2.51. The summed E-state index contributed by atoms with van der Waals surface area (Å²) >= 11 is 0. The molecule has 1 aromatic carbocycles. The Morgan fingerprint density at radius 3 is 2.28 bits per heavy atom.